The Morgan fingerprint density at radius 1 is 1.14 bits per heavy atom. The van der Waals surface area contributed by atoms with E-state index in [-0.39, 0.29) is 0 Å². The Morgan fingerprint density at radius 3 is 1.14 bits per heavy atom. The van der Waals surface area contributed by atoms with Crippen LogP contribution < -0.4 is 0 Å². The molecule has 0 aliphatic rings. The van der Waals surface area contributed by atoms with Gasteiger partial charge in [0.25, 0.3) is 4.65 Å². The Balaban J connectivity index is 0. The summed E-state index contributed by atoms with van der Waals surface area (Å²) >= 11 is 9.73. The maximum atomic E-state index is 3.24. The third kappa shape index (κ3) is 89.3. The summed E-state index contributed by atoms with van der Waals surface area (Å²) in [5.74, 6) is 0. The summed E-state index contributed by atoms with van der Waals surface area (Å²) in [5, 5.41) is 0. The fourth-order valence-corrected chi connectivity index (χ4v) is 0. The molecule has 0 radical (unpaired) electrons. The zero-order valence-corrected chi connectivity index (χ0v) is 10.3. The first-order chi connectivity index (χ1) is 3.15. The van der Waals surface area contributed by atoms with Gasteiger partial charge in [0, 0.05) is 0 Å². The standard InChI is InChI=1S/C3H8.Br3HSi/c1-3-2;1-4(2)3/h3H2,1-2H3;4H. The van der Waals surface area contributed by atoms with Crippen molar-refractivity contribution in [3.63, 3.8) is 0 Å². The highest BCUT2D eigenvalue weighted by atomic mass is 80.0. The fraction of sp³-hybridized carbons (Fsp3) is 1.00. The second-order valence-electron chi connectivity index (χ2n) is 0.955. The van der Waals surface area contributed by atoms with Crippen LogP contribution in [0.5, 0.6) is 0 Å². The van der Waals surface area contributed by atoms with Crippen molar-refractivity contribution in [3.05, 3.63) is 0 Å². The van der Waals surface area contributed by atoms with Crippen molar-refractivity contribution in [1.82, 2.24) is 0 Å². The molecular formula is C3H9Br3Si. The van der Waals surface area contributed by atoms with E-state index in [0.717, 1.165) is 0 Å². The van der Waals surface area contributed by atoms with Crippen LogP contribution in [0.25, 0.3) is 0 Å². The predicted octanol–water partition coefficient (Wildman–Crippen LogP) is 3.30. The molecule has 0 N–H and O–H groups in total. The second kappa shape index (κ2) is 10.6. The topological polar surface area (TPSA) is 0 Å². The minimum absolute atomic E-state index is 0.701. The Labute approximate surface area is 70.4 Å². The summed E-state index contributed by atoms with van der Waals surface area (Å²) in [5.41, 5.74) is 0. The van der Waals surface area contributed by atoms with E-state index < -0.39 is 4.65 Å². The van der Waals surface area contributed by atoms with Gasteiger partial charge in [0.2, 0.25) is 0 Å². The summed E-state index contributed by atoms with van der Waals surface area (Å²) in [7, 11) is 0. The molecule has 0 saturated heterocycles. The molecule has 0 fully saturated rings. The monoisotopic (exact) mass is 310 g/mol. The molecule has 0 amide bonds. The molecule has 0 aromatic carbocycles. The van der Waals surface area contributed by atoms with Gasteiger partial charge in [-0.15, -0.1) is 45.9 Å². The van der Waals surface area contributed by atoms with Crippen LogP contribution in [0.4, 0.5) is 0 Å². The van der Waals surface area contributed by atoms with Gasteiger partial charge in [-0.2, -0.15) is 0 Å². The van der Waals surface area contributed by atoms with Crippen LogP contribution in [0, 0.1) is 0 Å². The number of hydrogen-bond donors (Lipinski definition) is 0. The SMILES string of the molecule is Br[SiH](Br)Br.CCC. The van der Waals surface area contributed by atoms with E-state index in [0.29, 0.717) is 0 Å². The molecule has 0 spiro atoms. The maximum Gasteiger partial charge on any atom is 0.253 e. The van der Waals surface area contributed by atoms with Gasteiger partial charge in [0.1, 0.15) is 0 Å². The van der Waals surface area contributed by atoms with Gasteiger partial charge in [0.15, 0.2) is 0 Å². The molecule has 7 heavy (non-hydrogen) atoms. The van der Waals surface area contributed by atoms with Crippen LogP contribution in [-0.2, 0) is 0 Å². The molecule has 0 unspecified atom stereocenters. The van der Waals surface area contributed by atoms with E-state index in [1.54, 1.807) is 0 Å². The molecule has 46 valence electrons. The second-order valence-corrected chi connectivity index (χ2v) is 20.7. The zero-order chi connectivity index (χ0) is 6.28. The molecule has 0 atom stereocenters. The van der Waals surface area contributed by atoms with Crippen LogP contribution in [-0.4, -0.2) is 4.65 Å². The molecule has 0 heterocycles. The van der Waals surface area contributed by atoms with Crippen molar-refractivity contribution in [2.75, 3.05) is 0 Å². The zero-order valence-electron chi connectivity index (χ0n) is 4.42. The van der Waals surface area contributed by atoms with Gasteiger partial charge >= 0.3 is 0 Å². The van der Waals surface area contributed by atoms with Crippen LogP contribution in [0.3, 0.4) is 0 Å². The number of rotatable bonds is 0. The summed E-state index contributed by atoms with van der Waals surface area (Å²) in [6.07, 6.45) is 1.25. The first-order valence-electron chi connectivity index (χ1n) is 2.07. The Hall–Kier alpha value is 1.66. The van der Waals surface area contributed by atoms with Gasteiger partial charge in [-0.3, -0.25) is 0 Å². The van der Waals surface area contributed by atoms with Crippen molar-refractivity contribution >= 4 is 50.5 Å². The lowest BCUT2D eigenvalue weighted by atomic mass is 10.6. The van der Waals surface area contributed by atoms with E-state index in [2.05, 4.69) is 59.7 Å². The van der Waals surface area contributed by atoms with Crippen molar-refractivity contribution in [2.45, 2.75) is 20.3 Å². The van der Waals surface area contributed by atoms with Gasteiger partial charge in [-0.1, -0.05) is 20.3 Å². The van der Waals surface area contributed by atoms with E-state index in [1.165, 1.54) is 6.42 Å². The lowest BCUT2D eigenvalue weighted by Gasteiger charge is -1.66. The predicted molar refractivity (Wildman–Crippen MR) is 49.9 cm³/mol. The van der Waals surface area contributed by atoms with Crippen LogP contribution in [0.2, 0.25) is 0 Å². The van der Waals surface area contributed by atoms with Crippen LogP contribution in [0.1, 0.15) is 20.3 Å². The molecule has 0 aliphatic heterocycles. The molecule has 0 aromatic heterocycles. The average molecular weight is 313 g/mol. The molecule has 0 bridgehead atoms. The van der Waals surface area contributed by atoms with Crippen LogP contribution in [0.15, 0.2) is 0 Å². The summed E-state index contributed by atoms with van der Waals surface area (Å²) in [6, 6.07) is 0. The molecule has 0 saturated carbocycles. The summed E-state index contributed by atoms with van der Waals surface area (Å²) < 4.78 is -0.701. The van der Waals surface area contributed by atoms with Crippen molar-refractivity contribution < 1.29 is 0 Å². The van der Waals surface area contributed by atoms with Gasteiger partial charge in [-0.25, -0.2) is 0 Å². The third-order valence-electron chi connectivity index (χ3n) is 0. The quantitative estimate of drug-likeness (QED) is 0.475. The fourth-order valence-electron chi connectivity index (χ4n) is 0. The van der Waals surface area contributed by atoms with E-state index in [1.807, 2.05) is 0 Å². The van der Waals surface area contributed by atoms with Crippen LogP contribution >= 0.6 is 45.9 Å². The molecule has 0 rings (SSSR count). The Morgan fingerprint density at radius 2 is 1.14 bits per heavy atom. The first kappa shape index (κ1) is 11.5. The lowest BCUT2D eigenvalue weighted by molar-refractivity contribution is 1.09. The van der Waals surface area contributed by atoms with E-state index in [9.17, 15) is 0 Å². The number of halogens is 3. The maximum absolute atomic E-state index is 3.24. The number of hydrogen-bond acceptors (Lipinski definition) is 0. The molecule has 0 nitrogen and oxygen atoms in total. The summed E-state index contributed by atoms with van der Waals surface area (Å²) in [4.78, 5) is 0. The van der Waals surface area contributed by atoms with E-state index in [4.69, 9.17) is 0 Å². The minimum atomic E-state index is -0.701. The molecular weight excluding hydrogens is 304 g/mol. The minimum Gasteiger partial charge on any atom is -0.101 e. The molecule has 0 aliphatic carbocycles. The molecule has 4 heteroatoms. The highest BCUT2D eigenvalue weighted by Crippen LogP contribution is 2.07. The van der Waals surface area contributed by atoms with Gasteiger partial charge < -0.3 is 0 Å². The molecule has 0 aromatic rings. The normalized spacial score (nSPS) is 7.71. The highest BCUT2D eigenvalue weighted by molar-refractivity contribution is 9.69. The Bertz CT molecular complexity index is 21.4. The third-order valence-corrected chi connectivity index (χ3v) is 0. The van der Waals surface area contributed by atoms with Crippen molar-refractivity contribution in [2.24, 2.45) is 0 Å². The van der Waals surface area contributed by atoms with Gasteiger partial charge in [0.05, 0.1) is 0 Å². The van der Waals surface area contributed by atoms with E-state index >= 15 is 0 Å². The first-order valence-corrected chi connectivity index (χ1v) is 11.6. The average Bonchev–Trinajstić information content (AvgIpc) is 1.33. The Kier molecular flexibility index (Phi) is 17.3. The lowest BCUT2D eigenvalue weighted by Crippen LogP contribution is -1.60. The van der Waals surface area contributed by atoms with Gasteiger partial charge in [-0.05, 0) is 0 Å². The smallest absolute Gasteiger partial charge is 0.101 e. The van der Waals surface area contributed by atoms with Crippen molar-refractivity contribution in [1.29, 1.82) is 0 Å². The van der Waals surface area contributed by atoms with Crippen molar-refractivity contribution in [3.8, 4) is 0 Å². The largest absolute Gasteiger partial charge is 0.253 e. The highest BCUT2D eigenvalue weighted by Gasteiger charge is 1.82. The summed E-state index contributed by atoms with van der Waals surface area (Å²) in [6.45, 7) is 4.25.